The lowest BCUT2D eigenvalue weighted by atomic mass is 10.1. The van der Waals surface area contributed by atoms with Crippen LogP contribution in [0.2, 0.25) is 0 Å². The summed E-state index contributed by atoms with van der Waals surface area (Å²) in [6, 6.07) is 10.7. The Morgan fingerprint density at radius 2 is 1.95 bits per heavy atom. The van der Waals surface area contributed by atoms with Crippen LogP contribution < -0.4 is 11.1 Å². The van der Waals surface area contributed by atoms with Gasteiger partial charge in [-0.05, 0) is 31.2 Å². The first kappa shape index (κ1) is 14.5. The summed E-state index contributed by atoms with van der Waals surface area (Å²) in [6.45, 7) is 1.49. The lowest BCUT2D eigenvalue weighted by Gasteiger charge is -2.18. The number of rotatable bonds is 6. The second kappa shape index (κ2) is 8.31. The average Bonchev–Trinajstić information content (AvgIpc) is 2.64. The van der Waals surface area contributed by atoms with Crippen molar-refractivity contribution in [3.63, 3.8) is 0 Å². The van der Waals surface area contributed by atoms with Crippen molar-refractivity contribution in [2.45, 2.75) is 57.3 Å². The van der Waals surface area contributed by atoms with Gasteiger partial charge in [-0.3, -0.25) is 5.32 Å². The molecule has 0 bridgehead atoms. The average molecular weight is 260 g/mol. The van der Waals surface area contributed by atoms with Crippen molar-refractivity contribution in [3.8, 4) is 0 Å². The maximum Gasteiger partial charge on any atom is 0.0928 e. The standard InChI is InChI=1S/C16H24N2O/c17-16-11-5-4-9-15(18-16)10-6-12-19-13-14-7-2-1-3-8-14/h1-3,7-8,15-16,18H,4-6,9-13H2. The Bertz CT molecular complexity index is 342. The number of ether oxygens (including phenoxy) is 1. The zero-order chi connectivity index (χ0) is 13.3. The smallest absolute Gasteiger partial charge is 0.0928 e. The van der Waals surface area contributed by atoms with Gasteiger partial charge < -0.3 is 4.74 Å². The maximum atomic E-state index is 9.67. The molecule has 1 aromatic carbocycles. The molecule has 1 aliphatic rings. The van der Waals surface area contributed by atoms with Crippen molar-refractivity contribution in [2.24, 2.45) is 0 Å². The molecule has 1 aromatic rings. The van der Waals surface area contributed by atoms with E-state index in [1.807, 2.05) is 18.2 Å². The van der Waals surface area contributed by atoms with Gasteiger partial charge in [0.15, 0.2) is 0 Å². The molecule has 1 saturated heterocycles. The highest BCUT2D eigenvalue weighted by Crippen LogP contribution is 2.15. The SMILES string of the molecule is [N]C1CCCCC(CCCOCc2ccccc2)N1. The van der Waals surface area contributed by atoms with E-state index in [4.69, 9.17) is 4.74 Å². The van der Waals surface area contributed by atoms with E-state index in [1.165, 1.54) is 18.4 Å². The molecule has 0 saturated carbocycles. The molecular weight excluding hydrogens is 236 g/mol. The minimum Gasteiger partial charge on any atom is -0.377 e. The van der Waals surface area contributed by atoms with Crippen molar-refractivity contribution < 1.29 is 4.74 Å². The molecule has 2 radical (unpaired) electrons. The minimum absolute atomic E-state index is 0.308. The van der Waals surface area contributed by atoms with Gasteiger partial charge in [-0.1, -0.05) is 43.2 Å². The summed E-state index contributed by atoms with van der Waals surface area (Å²) in [5.41, 5.74) is 10.9. The Balaban J connectivity index is 1.56. The Morgan fingerprint density at radius 3 is 2.79 bits per heavy atom. The monoisotopic (exact) mass is 260 g/mol. The van der Waals surface area contributed by atoms with Crippen LogP contribution in [0.25, 0.3) is 0 Å². The Morgan fingerprint density at radius 1 is 1.16 bits per heavy atom. The van der Waals surface area contributed by atoms with Crippen LogP contribution in [0.15, 0.2) is 30.3 Å². The largest absolute Gasteiger partial charge is 0.377 e. The first-order chi connectivity index (χ1) is 9.34. The van der Waals surface area contributed by atoms with Gasteiger partial charge in [-0.25, -0.2) is 0 Å². The van der Waals surface area contributed by atoms with Gasteiger partial charge in [0.1, 0.15) is 0 Å². The number of hydrogen-bond acceptors (Lipinski definition) is 2. The van der Waals surface area contributed by atoms with Crippen molar-refractivity contribution >= 4 is 0 Å². The Hall–Kier alpha value is -0.900. The molecule has 0 spiro atoms. The van der Waals surface area contributed by atoms with Crippen molar-refractivity contribution in [2.75, 3.05) is 6.61 Å². The molecule has 1 heterocycles. The van der Waals surface area contributed by atoms with Gasteiger partial charge in [0.05, 0.1) is 12.8 Å². The molecule has 1 fully saturated rings. The number of nitrogens with one attached hydrogen (secondary N) is 1. The summed E-state index contributed by atoms with van der Waals surface area (Å²) in [5.74, 6) is 0. The van der Waals surface area contributed by atoms with Gasteiger partial charge in [-0.2, -0.15) is 0 Å². The fraction of sp³-hybridized carbons (Fsp3) is 0.625. The van der Waals surface area contributed by atoms with E-state index < -0.39 is 0 Å². The zero-order valence-electron chi connectivity index (χ0n) is 11.6. The highest BCUT2D eigenvalue weighted by molar-refractivity contribution is 5.13. The molecule has 0 aromatic heterocycles. The zero-order valence-corrected chi connectivity index (χ0v) is 11.6. The number of nitrogens with zero attached hydrogens (tertiary/aromatic N) is 1. The molecule has 3 nitrogen and oxygen atoms in total. The summed E-state index contributed by atoms with van der Waals surface area (Å²) in [6.07, 6.45) is 6.26. The van der Waals surface area contributed by atoms with E-state index in [9.17, 15) is 5.73 Å². The van der Waals surface area contributed by atoms with Gasteiger partial charge >= 0.3 is 0 Å². The number of hydrogen-bond donors (Lipinski definition) is 1. The molecular formula is C16H24N2O. The van der Waals surface area contributed by atoms with Crippen LogP contribution in [0.1, 0.15) is 44.1 Å². The van der Waals surface area contributed by atoms with E-state index in [2.05, 4.69) is 17.4 Å². The quantitative estimate of drug-likeness (QED) is 0.799. The fourth-order valence-corrected chi connectivity index (χ4v) is 2.59. The molecule has 104 valence electrons. The second-order valence-corrected chi connectivity index (χ2v) is 5.34. The third kappa shape index (κ3) is 5.72. The number of benzene rings is 1. The first-order valence-corrected chi connectivity index (χ1v) is 7.40. The van der Waals surface area contributed by atoms with E-state index in [-0.39, 0.29) is 6.17 Å². The van der Waals surface area contributed by atoms with Gasteiger partial charge in [0.25, 0.3) is 0 Å². The molecule has 2 unspecified atom stereocenters. The summed E-state index contributed by atoms with van der Waals surface area (Å²) in [7, 11) is 0. The van der Waals surface area contributed by atoms with Crippen molar-refractivity contribution in [3.05, 3.63) is 35.9 Å². The summed E-state index contributed by atoms with van der Waals surface area (Å²) in [4.78, 5) is 0. The summed E-state index contributed by atoms with van der Waals surface area (Å²) < 4.78 is 5.68. The van der Waals surface area contributed by atoms with Gasteiger partial charge in [0, 0.05) is 12.6 Å². The highest BCUT2D eigenvalue weighted by atomic mass is 16.5. The van der Waals surface area contributed by atoms with Crippen molar-refractivity contribution in [1.29, 1.82) is 0 Å². The van der Waals surface area contributed by atoms with Crippen LogP contribution in [0, 0.1) is 0 Å². The Labute approximate surface area is 116 Å². The Kier molecular flexibility index (Phi) is 6.34. The molecule has 19 heavy (non-hydrogen) atoms. The maximum absolute atomic E-state index is 9.67. The minimum atomic E-state index is -0.308. The van der Waals surface area contributed by atoms with Crippen LogP contribution in [0.4, 0.5) is 0 Å². The lowest BCUT2D eigenvalue weighted by molar-refractivity contribution is 0.114. The summed E-state index contributed by atoms with van der Waals surface area (Å²) in [5, 5.41) is 3.29. The van der Waals surface area contributed by atoms with Gasteiger partial charge in [-0.15, -0.1) is 5.73 Å². The van der Waals surface area contributed by atoms with Crippen LogP contribution in [-0.4, -0.2) is 18.8 Å². The predicted molar refractivity (Wildman–Crippen MR) is 76.6 cm³/mol. The first-order valence-electron chi connectivity index (χ1n) is 7.40. The van der Waals surface area contributed by atoms with E-state index in [0.29, 0.717) is 12.6 Å². The van der Waals surface area contributed by atoms with Crippen LogP contribution in [0.5, 0.6) is 0 Å². The molecule has 1 N–H and O–H groups in total. The molecule has 0 aliphatic carbocycles. The van der Waals surface area contributed by atoms with E-state index >= 15 is 0 Å². The molecule has 2 rings (SSSR count). The van der Waals surface area contributed by atoms with E-state index in [0.717, 1.165) is 32.3 Å². The van der Waals surface area contributed by atoms with Crippen LogP contribution in [0.3, 0.4) is 0 Å². The normalized spacial score (nSPS) is 24.1. The second-order valence-electron chi connectivity index (χ2n) is 5.34. The third-order valence-electron chi connectivity index (χ3n) is 3.66. The molecule has 0 amide bonds. The highest BCUT2D eigenvalue weighted by Gasteiger charge is 2.16. The third-order valence-corrected chi connectivity index (χ3v) is 3.66. The fourth-order valence-electron chi connectivity index (χ4n) is 2.59. The van der Waals surface area contributed by atoms with Gasteiger partial charge in [0.2, 0.25) is 0 Å². The summed E-state index contributed by atoms with van der Waals surface area (Å²) >= 11 is 0. The van der Waals surface area contributed by atoms with Crippen LogP contribution in [-0.2, 0) is 11.3 Å². The topological polar surface area (TPSA) is 43.6 Å². The van der Waals surface area contributed by atoms with Crippen LogP contribution >= 0.6 is 0 Å². The molecule has 3 heteroatoms. The lowest BCUT2D eigenvalue weighted by Crippen LogP contribution is -2.37. The van der Waals surface area contributed by atoms with Crippen molar-refractivity contribution in [1.82, 2.24) is 11.1 Å². The van der Waals surface area contributed by atoms with E-state index in [1.54, 1.807) is 0 Å². The molecule has 2 atom stereocenters. The molecule has 1 aliphatic heterocycles. The predicted octanol–water partition coefficient (Wildman–Crippen LogP) is 2.91.